The van der Waals surface area contributed by atoms with Gasteiger partial charge in [-0.1, -0.05) is 231 Å². The predicted molar refractivity (Wildman–Crippen MR) is 520 cm³/mol. The topological polar surface area (TPSA) is 363 Å². The number of aromatic carboxylic acids is 1. The summed E-state index contributed by atoms with van der Waals surface area (Å²) in [6.07, 6.45) is 1.90. The number of allylic oxidation sites excluding steroid dienone is 1. The number of hydrogen-bond acceptors (Lipinski definition) is 25. The number of methoxy groups -OCH3 is 5. The lowest BCUT2D eigenvalue weighted by Gasteiger charge is -2.21. The first-order chi connectivity index (χ1) is 66.9. The Hall–Kier alpha value is -16.0. The Bertz CT molecular complexity index is 6260. The molecular weight excluding hydrogens is 1750 g/mol. The van der Waals surface area contributed by atoms with Crippen molar-refractivity contribution < 1.29 is 91.1 Å². The molecule has 0 spiro atoms. The number of nitrogens with one attached hydrogen (secondary N) is 3. The summed E-state index contributed by atoms with van der Waals surface area (Å²) in [4.78, 5) is 149. The fourth-order valence-corrected chi connectivity index (χ4v) is 15.3. The number of carbonyl (C=O) groups is 12. The van der Waals surface area contributed by atoms with Crippen molar-refractivity contribution in [3.8, 4) is 22.5 Å². The molecule has 0 radical (unpaired) electrons. The van der Waals surface area contributed by atoms with Gasteiger partial charge in [-0.3, -0.25) is 58.6 Å². The number of esters is 6. The largest absolute Gasteiger partial charge is 0.478 e. The highest BCUT2D eigenvalue weighted by atomic mass is 16.5. The third-order valence-electron chi connectivity index (χ3n) is 22.6. The molecule has 5 heterocycles. The van der Waals surface area contributed by atoms with E-state index in [9.17, 15) is 57.5 Å². The monoisotopic (exact) mass is 1860 g/mol. The van der Waals surface area contributed by atoms with Crippen LogP contribution in [0.3, 0.4) is 0 Å². The van der Waals surface area contributed by atoms with E-state index in [-0.39, 0.29) is 65.9 Å². The lowest BCUT2D eigenvalue weighted by molar-refractivity contribution is -0.144. The van der Waals surface area contributed by atoms with Crippen molar-refractivity contribution in [1.29, 1.82) is 0 Å². The van der Waals surface area contributed by atoms with Crippen LogP contribution < -0.4 is 5.32 Å². The first-order valence-corrected chi connectivity index (χ1v) is 44.6. The summed E-state index contributed by atoms with van der Waals surface area (Å²) in [5.41, 5.74) is 19.1. The lowest BCUT2D eigenvalue weighted by atomic mass is 9.95. The number of carboxylic acid groups (broad SMARTS) is 1. The van der Waals surface area contributed by atoms with Gasteiger partial charge >= 0.3 is 41.8 Å². The smallest absolute Gasteiger partial charge is 0.337 e. The molecule has 28 heteroatoms. The van der Waals surface area contributed by atoms with Gasteiger partial charge in [-0.15, -0.1) is 0 Å². The van der Waals surface area contributed by atoms with Gasteiger partial charge in [0.25, 0.3) is 0 Å². The minimum absolute atomic E-state index is 0.0528. The number of ketones is 5. The Labute approximate surface area is 800 Å². The van der Waals surface area contributed by atoms with Gasteiger partial charge in [-0.25, -0.2) is 28.8 Å². The van der Waals surface area contributed by atoms with Crippen LogP contribution in [0.4, 0.5) is 0 Å². The van der Waals surface area contributed by atoms with Crippen LogP contribution in [0.1, 0.15) is 174 Å². The molecule has 28 nitrogen and oxygen atoms in total. The van der Waals surface area contributed by atoms with Crippen LogP contribution in [0.25, 0.3) is 22.5 Å². The normalized spacial score (nSPS) is 12.7. The molecule has 13 aromatic rings. The van der Waals surface area contributed by atoms with E-state index in [4.69, 9.17) is 14.6 Å². The number of carboxylic acids is 1. The van der Waals surface area contributed by atoms with Gasteiger partial charge < -0.3 is 38.8 Å². The summed E-state index contributed by atoms with van der Waals surface area (Å²) in [5, 5.41) is 27.5. The Morgan fingerprint density at radius 1 is 0.413 bits per heavy atom. The van der Waals surface area contributed by atoms with E-state index in [1.807, 2.05) is 137 Å². The van der Waals surface area contributed by atoms with E-state index in [0.717, 1.165) is 85.1 Å². The van der Waals surface area contributed by atoms with Gasteiger partial charge in [0.1, 0.15) is 0 Å². The highest BCUT2D eigenvalue weighted by Gasteiger charge is 2.37. The van der Waals surface area contributed by atoms with Crippen molar-refractivity contribution in [3.63, 3.8) is 0 Å². The maximum atomic E-state index is 12.6. The van der Waals surface area contributed by atoms with Crippen LogP contribution in [-0.4, -0.2) is 191 Å². The van der Waals surface area contributed by atoms with E-state index in [0.29, 0.717) is 95.8 Å². The fraction of sp³-hybridized carbons (Fsp3) is 0.218. The second-order valence-corrected chi connectivity index (χ2v) is 32.2. The quantitative estimate of drug-likeness (QED) is 0.00741. The number of aromatic nitrogens is 4. The number of rotatable bonds is 33. The average molecular weight is 1860 g/mol. The third-order valence-corrected chi connectivity index (χ3v) is 22.6. The summed E-state index contributed by atoms with van der Waals surface area (Å²) in [6, 6.07) is 90.2. The Morgan fingerprint density at radius 2 is 0.754 bits per heavy atom. The molecular formula is C110H109N9O19. The van der Waals surface area contributed by atoms with E-state index >= 15 is 0 Å². The van der Waals surface area contributed by atoms with Crippen molar-refractivity contribution >= 4 is 70.7 Å². The van der Waals surface area contributed by atoms with Crippen molar-refractivity contribution in [3.05, 3.63) is 416 Å². The molecule has 0 saturated carbocycles. The predicted octanol–water partition coefficient (Wildman–Crippen LogP) is 16.8. The minimum Gasteiger partial charge on any atom is -0.478 e. The summed E-state index contributed by atoms with van der Waals surface area (Å²) in [6.45, 7) is 14.5. The minimum atomic E-state index is -0.914. The highest BCUT2D eigenvalue weighted by molar-refractivity contribution is 6.13. The number of fused-ring (bicyclic) bond motifs is 2. The van der Waals surface area contributed by atoms with Crippen LogP contribution in [0, 0.1) is 5.92 Å². The number of nitrogens with zero attached hydrogens (tertiary/aromatic N) is 6. The van der Waals surface area contributed by atoms with E-state index in [1.165, 1.54) is 75.1 Å². The van der Waals surface area contributed by atoms with Gasteiger partial charge in [-0.2, -0.15) is 10.2 Å². The Kier molecular flexibility index (Phi) is 39.1. The Balaban J connectivity index is 0.000000160. The van der Waals surface area contributed by atoms with Gasteiger partial charge in [0.15, 0.2) is 28.9 Å². The molecule has 138 heavy (non-hydrogen) atoms. The van der Waals surface area contributed by atoms with Crippen LogP contribution in [0.5, 0.6) is 0 Å². The molecule has 4 N–H and O–H groups in total. The van der Waals surface area contributed by atoms with Gasteiger partial charge in [0.05, 0.1) is 117 Å². The molecule has 1 fully saturated rings. The first kappa shape index (κ1) is 103. The van der Waals surface area contributed by atoms with Crippen LogP contribution in [-0.2, 0) is 96.9 Å². The number of likely N-dealkylation sites (tertiary alicyclic amines) is 1. The number of carbonyl (C=O) groups excluding carboxylic acids is 11. The summed E-state index contributed by atoms with van der Waals surface area (Å²) < 4.78 is 28.2. The number of benzene rings is 11. The van der Waals surface area contributed by atoms with Crippen molar-refractivity contribution in [2.45, 2.75) is 78.7 Å². The van der Waals surface area contributed by atoms with Crippen molar-refractivity contribution in [2.75, 3.05) is 74.9 Å². The molecule has 0 aliphatic carbocycles. The first-order valence-electron chi connectivity index (χ1n) is 44.6. The third kappa shape index (κ3) is 30.3. The summed E-state index contributed by atoms with van der Waals surface area (Å²) in [7, 11) is 6.65. The maximum Gasteiger partial charge on any atom is 0.337 e. The SMILES string of the molecule is C=CC(=O)c1ccc(C(=O)OC)cc1.CCOC(=O)CN(CCC(=O)c1ccc(C(=O)OC)cc1)Cc1ccccc1.COC(=O)c1ccc(-c2n[nH]c3c2CN(Cc2ccccc2)C3)cc1.COC(=O)c1ccc(C(=O)C2CN(Cc3ccccc3)CC2=O)cc1.COC(=O)c1ccc(C(=O)CCNCc2ccccc2)cc1.O=C(O)c1ccc(-c2n[nH]c3c2CN(Cc2ccccc2)C3)cc1. The van der Waals surface area contributed by atoms with E-state index < -0.39 is 35.8 Å². The molecule has 16 rings (SSSR count). The molecule has 708 valence electrons. The van der Waals surface area contributed by atoms with Crippen molar-refractivity contribution in [2.24, 2.45) is 5.92 Å². The molecule has 11 aromatic carbocycles. The molecule has 3 aliphatic rings. The zero-order valence-electron chi connectivity index (χ0n) is 77.7. The van der Waals surface area contributed by atoms with E-state index in [1.54, 1.807) is 128 Å². The van der Waals surface area contributed by atoms with Crippen LogP contribution >= 0.6 is 0 Å². The molecule has 1 atom stereocenters. The number of ether oxygens (including phenoxy) is 6. The standard InChI is InChI=1S/C22H25NO5.C20H19N3O2.C20H19NO4.C19H17N3O2.C18H19NO3.C11H10O3/c1-3-28-21(25)16-23(15-17-7-5-4-6-8-17)14-13-20(24)18-9-11-19(12-10-18)22(26)27-2;1-25-20(24)16-9-7-15(8-10-16)19-17-12-23(13-18(17)21-22-19)11-14-5-3-2-4-6-14;1-25-20(24)16-9-7-15(8-10-16)19(23)17-12-21(13-18(17)22)11-14-5-3-2-4-6-14;23-19(24)15-8-6-14(7-9-15)18-16-11-22(12-17(16)20-21-18)10-13-4-2-1-3-5-13;1-22-18(21)16-9-7-15(8-10-16)17(20)11-12-19-13-14-5-3-2-4-6-14;1-3-10(12)8-4-6-9(7-5-8)11(13)14-2/h4-12H,3,13-16H2,1-2H3;2-10H,11-13H2,1H3,(H,21,22);2-10,17H,11-13H2,1H3;1-9H,10-12H2,(H,20,21)(H,23,24);2-10,19H,11-13H2,1H3;3-7H,1H2,2H3. The molecule has 2 aromatic heterocycles. The van der Waals surface area contributed by atoms with Gasteiger partial charge in [-0.05, 0) is 114 Å². The zero-order chi connectivity index (χ0) is 98.2. The van der Waals surface area contributed by atoms with Crippen LogP contribution in [0.2, 0.25) is 0 Å². The lowest BCUT2D eigenvalue weighted by Crippen LogP contribution is -2.32. The number of H-pyrrole nitrogens is 2. The van der Waals surface area contributed by atoms with E-state index in [2.05, 4.69) is 110 Å². The zero-order valence-corrected chi connectivity index (χ0v) is 77.7. The number of Topliss-reactive ketones (excluding diaryl/α,β-unsaturated/α-hetero) is 4. The summed E-state index contributed by atoms with van der Waals surface area (Å²) in [5.74, 6) is -4.33. The van der Waals surface area contributed by atoms with Crippen LogP contribution in [0.15, 0.2) is 310 Å². The second-order valence-electron chi connectivity index (χ2n) is 32.2. The maximum absolute atomic E-state index is 12.6. The molecule has 1 unspecified atom stereocenters. The number of aromatic amines is 2. The molecule has 3 aliphatic heterocycles. The van der Waals surface area contributed by atoms with Gasteiger partial charge in [0, 0.05) is 136 Å². The number of hydrogen-bond donors (Lipinski definition) is 4. The Morgan fingerprint density at radius 3 is 1.13 bits per heavy atom. The highest BCUT2D eigenvalue weighted by Crippen LogP contribution is 2.34. The molecule has 0 amide bonds. The molecule has 0 bridgehead atoms. The van der Waals surface area contributed by atoms with Gasteiger partial charge in [0.2, 0.25) is 0 Å². The molecule has 1 saturated heterocycles. The average Bonchev–Trinajstić information content (AvgIpc) is 1.64. The second kappa shape index (κ2) is 52.6. The fourth-order valence-electron chi connectivity index (χ4n) is 15.3. The summed E-state index contributed by atoms with van der Waals surface area (Å²) >= 11 is 0. The van der Waals surface area contributed by atoms with Crippen molar-refractivity contribution in [1.82, 2.24) is 45.3 Å².